The van der Waals surface area contributed by atoms with Gasteiger partial charge in [0.05, 0.1) is 12.2 Å². The molecule has 3 aromatic rings. The Morgan fingerprint density at radius 3 is 2.60 bits per heavy atom. The largest absolute Gasteiger partial charge is 0.477 e. The lowest BCUT2D eigenvalue weighted by Crippen LogP contribution is -2.33. The van der Waals surface area contributed by atoms with E-state index >= 15 is 0 Å². The minimum absolute atomic E-state index is 0.00660. The number of rotatable bonds is 7. The van der Waals surface area contributed by atoms with Crippen molar-refractivity contribution in [2.75, 3.05) is 14.1 Å². The average Bonchev–Trinajstić information content (AvgIpc) is 3.15. The van der Waals surface area contributed by atoms with Gasteiger partial charge in [0.15, 0.2) is 11.7 Å². The van der Waals surface area contributed by atoms with Gasteiger partial charge in [0, 0.05) is 19.7 Å². The molecule has 1 aromatic heterocycles. The number of benzene rings is 2. The first kappa shape index (κ1) is 21.0. The molecule has 0 radical (unpaired) electrons. The van der Waals surface area contributed by atoms with E-state index in [1.807, 2.05) is 36.4 Å². The van der Waals surface area contributed by atoms with Crippen molar-refractivity contribution < 1.29 is 18.8 Å². The second-order valence-electron chi connectivity index (χ2n) is 6.85. The number of nitrogens with zero attached hydrogens (tertiary/aromatic N) is 3. The van der Waals surface area contributed by atoms with Crippen molar-refractivity contribution in [3.8, 4) is 11.1 Å². The summed E-state index contributed by atoms with van der Waals surface area (Å²) in [6.45, 7) is 0.123. The van der Waals surface area contributed by atoms with Crippen molar-refractivity contribution >= 4 is 11.9 Å². The monoisotopic (exact) mass is 410 g/mol. The molecule has 7 nitrogen and oxygen atoms in total. The van der Waals surface area contributed by atoms with Crippen LogP contribution in [0.15, 0.2) is 58.0 Å². The number of aliphatic imine (C=N–C) groups is 1. The molecule has 0 fully saturated rings. The Labute approximate surface area is 173 Å². The fourth-order valence-electron chi connectivity index (χ4n) is 3.18. The maximum absolute atomic E-state index is 14.6. The third-order valence-electron chi connectivity index (χ3n) is 4.82. The molecule has 0 bridgehead atoms. The summed E-state index contributed by atoms with van der Waals surface area (Å²) in [4.78, 5) is 17.2. The van der Waals surface area contributed by atoms with Gasteiger partial charge in [-0.1, -0.05) is 47.6 Å². The number of aryl methyl sites for hydroxylation is 2. The fourth-order valence-corrected chi connectivity index (χ4v) is 3.18. The van der Waals surface area contributed by atoms with Gasteiger partial charge in [-0.25, -0.2) is 9.18 Å². The highest BCUT2D eigenvalue weighted by Crippen LogP contribution is 2.24. The van der Waals surface area contributed by atoms with Gasteiger partial charge in [0.25, 0.3) is 0 Å². The molecule has 3 N–H and O–H groups in total. The Hall–Kier alpha value is -3.68. The standard InChI is InChI=1S/C22H23FN4O3/c1-25-22(24)27(2)13-19-20(21(28)29)18(26-30-19)11-9-14-8-10-16(17(23)12-14)15-6-4-3-5-7-15/h3-8,10,12H,9,11,13H2,1-2H3,(H2,24,25)(H,28,29). The second-order valence-corrected chi connectivity index (χ2v) is 6.85. The molecule has 30 heavy (non-hydrogen) atoms. The molecule has 0 aliphatic heterocycles. The zero-order valence-electron chi connectivity index (χ0n) is 16.8. The first-order valence-corrected chi connectivity index (χ1v) is 9.38. The van der Waals surface area contributed by atoms with Gasteiger partial charge in [-0.3, -0.25) is 4.99 Å². The highest BCUT2D eigenvalue weighted by Gasteiger charge is 2.23. The minimum Gasteiger partial charge on any atom is -0.477 e. The number of hydrogen-bond acceptors (Lipinski definition) is 4. The summed E-state index contributed by atoms with van der Waals surface area (Å²) in [5.74, 6) is -1.02. The van der Waals surface area contributed by atoms with Crippen LogP contribution in [0.2, 0.25) is 0 Å². The van der Waals surface area contributed by atoms with Crippen LogP contribution in [-0.2, 0) is 19.4 Å². The smallest absolute Gasteiger partial charge is 0.341 e. The predicted molar refractivity (Wildman–Crippen MR) is 112 cm³/mol. The van der Waals surface area contributed by atoms with Crippen molar-refractivity contribution in [3.05, 3.63) is 76.9 Å². The predicted octanol–water partition coefficient (Wildman–Crippen LogP) is 3.34. The molecule has 156 valence electrons. The molecule has 0 atom stereocenters. The quantitative estimate of drug-likeness (QED) is 0.457. The van der Waals surface area contributed by atoms with Crippen molar-refractivity contribution in [3.63, 3.8) is 0 Å². The van der Waals surface area contributed by atoms with Gasteiger partial charge in [-0.15, -0.1) is 0 Å². The van der Waals surface area contributed by atoms with Crippen molar-refractivity contribution in [1.82, 2.24) is 10.1 Å². The normalized spacial score (nSPS) is 11.5. The number of hydrogen-bond donors (Lipinski definition) is 2. The maximum atomic E-state index is 14.6. The number of guanidine groups is 1. The van der Waals surface area contributed by atoms with Crippen LogP contribution in [0.3, 0.4) is 0 Å². The molecule has 0 unspecified atom stereocenters. The lowest BCUT2D eigenvalue weighted by Gasteiger charge is -2.15. The molecule has 1 heterocycles. The van der Waals surface area contributed by atoms with Crippen LogP contribution in [-0.4, -0.2) is 41.2 Å². The summed E-state index contributed by atoms with van der Waals surface area (Å²) in [5.41, 5.74) is 8.11. The fraction of sp³-hybridized carbons (Fsp3) is 0.227. The number of carboxylic acid groups (broad SMARTS) is 1. The highest BCUT2D eigenvalue weighted by atomic mass is 19.1. The van der Waals surface area contributed by atoms with Gasteiger partial charge >= 0.3 is 5.97 Å². The Bertz CT molecular complexity index is 1060. The van der Waals surface area contributed by atoms with Crippen molar-refractivity contribution in [1.29, 1.82) is 0 Å². The molecule has 0 saturated heterocycles. The molecule has 0 amide bonds. The van der Waals surface area contributed by atoms with E-state index in [2.05, 4.69) is 10.1 Å². The van der Waals surface area contributed by atoms with E-state index in [1.54, 1.807) is 18.0 Å². The number of nitrogens with two attached hydrogens (primary N) is 1. The van der Waals surface area contributed by atoms with Crippen LogP contribution in [0, 0.1) is 5.82 Å². The number of carboxylic acids is 1. The van der Waals surface area contributed by atoms with Crippen LogP contribution in [0.1, 0.15) is 27.4 Å². The van der Waals surface area contributed by atoms with Crippen LogP contribution < -0.4 is 5.73 Å². The van der Waals surface area contributed by atoms with Crippen LogP contribution >= 0.6 is 0 Å². The topological polar surface area (TPSA) is 105 Å². The van der Waals surface area contributed by atoms with E-state index in [4.69, 9.17) is 10.3 Å². The van der Waals surface area contributed by atoms with E-state index in [0.717, 1.165) is 11.1 Å². The summed E-state index contributed by atoms with van der Waals surface area (Å²) < 4.78 is 19.8. The van der Waals surface area contributed by atoms with Crippen LogP contribution in [0.25, 0.3) is 11.1 Å². The van der Waals surface area contributed by atoms with Gasteiger partial charge in [0.2, 0.25) is 0 Å². The Morgan fingerprint density at radius 2 is 1.97 bits per heavy atom. The van der Waals surface area contributed by atoms with E-state index in [0.29, 0.717) is 24.1 Å². The first-order chi connectivity index (χ1) is 14.4. The molecule has 2 aromatic carbocycles. The lowest BCUT2D eigenvalue weighted by atomic mass is 10.00. The maximum Gasteiger partial charge on any atom is 0.341 e. The molecule has 0 spiro atoms. The SMILES string of the molecule is CN=C(N)N(C)Cc1onc(CCc2ccc(-c3ccccc3)c(F)c2)c1C(=O)O. The lowest BCUT2D eigenvalue weighted by molar-refractivity contribution is 0.0692. The zero-order valence-corrected chi connectivity index (χ0v) is 16.8. The summed E-state index contributed by atoms with van der Waals surface area (Å²) in [7, 11) is 3.21. The zero-order chi connectivity index (χ0) is 21.7. The Kier molecular flexibility index (Phi) is 6.46. The molecular formula is C22H23FN4O3. The number of halogens is 1. The molecule has 0 aliphatic rings. The number of aromatic nitrogens is 1. The third-order valence-corrected chi connectivity index (χ3v) is 4.82. The summed E-state index contributed by atoms with van der Waals surface area (Å²) in [6.07, 6.45) is 0.725. The molecule has 0 aliphatic carbocycles. The van der Waals surface area contributed by atoms with Crippen molar-refractivity contribution in [2.24, 2.45) is 10.7 Å². The first-order valence-electron chi connectivity index (χ1n) is 9.38. The Balaban J connectivity index is 1.76. The van der Waals surface area contributed by atoms with E-state index in [1.165, 1.54) is 13.1 Å². The summed E-state index contributed by atoms with van der Waals surface area (Å²) in [6, 6.07) is 14.3. The highest BCUT2D eigenvalue weighted by molar-refractivity contribution is 5.90. The van der Waals surface area contributed by atoms with Gasteiger partial charge in [0.1, 0.15) is 11.4 Å². The second kappa shape index (κ2) is 9.21. The average molecular weight is 410 g/mol. The minimum atomic E-state index is -1.13. The van der Waals surface area contributed by atoms with E-state index < -0.39 is 5.97 Å². The third kappa shape index (κ3) is 4.65. The molecular weight excluding hydrogens is 387 g/mol. The van der Waals surface area contributed by atoms with E-state index in [-0.39, 0.29) is 29.6 Å². The van der Waals surface area contributed by atoms with Gasteiger partial charge in [-0.05, 0) is 30.0 Å². The summed E-state index contributed by atoms with van der Waals surface area (Å²) in [5, 5.41) is 13.5. The Morgan fingerprint density at radius 1 is 1.23 bits per heavy atom. The van der Waals surface area contributed by atoms with E-state index in [9.17, 15) is 14.3 Å². The summed E-state index contributed by atoms with van der Waals surface area (Å²) >= 11 is 0. The molecule has 0 saturated carbocycles. The van der Waals surface area contributed by atoms with Crippen molar-refractivity contribution in [2.45, 2.75) is 19.4 Å². The van der Waals surface area contributed by atoms with Crippen LogP contribution in [0.5, 0.6) is 0 Å². The molecule has 3 rings (SSSR count). The van der Waals surface area contributed by atoms with Gasteiger partial charge < -0.3 is 20.3 Å². The molecule has 8 heteroatoms. The number of aromatic carboxylic acids is 1. The van der Waals surface area contributed by atoms with Gasteiger partial charge in [-0.2, -0.15) is 0 Å². The van der Waals surface area contributed by atoms with Crippen LogP contribution in [0.4, 0.5) is 4.39 Å². The number of carbonyl (C=O) groups is 1.